The molecule has 0 aromatic rings. The molecule has 0 amide bonds. The summed E-state index contributed by atoms with van der Waals surface area (Å²) in [6, 6.07) is 0. The van der Waals surface area contributed by atoms with Crippen molar-refractivity contribution >= 4 is 0 Å². The van der Waals surface area contributed by atoms with Gasteiger partial charge >= 0.3 is 0 Å². The van der Waals surface area contributed by atoms with Crippen LogP contribution < -0.4 is 0 Å². The van der Waals surface area contributed by atoms with E-state index in [0.717, 1.165) is 25.4 Å². The first-order valence-electron chi connectivity index (χ1n) is 5.54. The second-order valence-electron chi connectivity index (χ2n) is 4.34. The van der Waals surface area contributed by atoms with Gasteiger partial charge in [0.1, 0.15) is 0 Å². The van der Waals surface area contributed by atoms with Crippen molar-refractivity contribution in [3.05, 3.63) is 0 Å². The Balaban J connectivity index is 1.84. The van der Waals surface area contributed by atoms with Crippen LogP contribution >= 0.6 is 0 Å². The molecule has 1 heterocycles. The third-order valence-electron chi connectivity index (χ3n) is 3.53. The predicted molar refractivity (Wildman–Crippen MR) is 51.7 cm³/mol. The summed E-state index contributed by atoms with van der Waals surface area (Å²) in [5.41, 5.74) is 0. The molecule has 2 fully saturated rings. The van der Waals surface area contributed by atoms with Gasteiger partial charge < -0.3 is 9.47 Å². The standard InChI is InChI=1S/C11H20O2/c1-12-10-6-7-13-11(8-10)9-4-2-3-5-9/h9-11H,2-8H2,1H3. The molecular formula is C11H20O2. The Kier molecular flexibility index (Phi) is 3.23. The topological polar surface area (TPSA) is 18.5 Å². The molecule has 1 aliphatic heterocycles. The lowest BCUT2D eigenvalue weighted by atomic mass is 9.93. The summed E-state index contributed by atoms with van der Waals surface area (Å²) in [5, 5.41) is 0. The van der Waals surface area contributed by atoms with Crippen molar-refractivity contribution < 1.29 is 9.47 Å². The van der Waals surface area contributed by atoms with Crippen molar-refractivity contribution in [2.24, 2.45) is 5.92 Å². The molecule has 0 aromatic carbocycles. The lowest BCUT2D eigenvalue weighted by Crippen LogP contribution is -2.34. The van der Waals surface area contributed by atoms with Gasteiger partial charge in [-0.05, 0) is 25.2 Å². The molecule has 1 saturated carbocycles. The highest BCUT2D eigenvalue weighted by atomic mass is 16.5. The predicted octanol–water partition coefficient (Wildman–Crippen LogP) is 2.37. The summed E-state index contributed by atoms with van der Waals surface area (Å²) in [7, 11) is 1.82. The molecule has 0 radical (unpaired) electrons. The average molecular weight is 184 g/mol. The molecule has 2 atom stereocenters. The molecule has 1 aliphatic carbocycles. The minimum Gasteiger partial charge on any atom is -0.381 e. The zero-order valence-electron chi connectivity index (χ0n) is 8.50. The lowest BCUT2D eigenvalue weighted by Gasteiger charge is -2.32. The van der Waals surface area contributed by atoms with Gasteiger partial charge in [0.05, 0.1) is 12.2 Å². The average Bonchev–Trinajstić information content (AvgIpc) is 2.71. The summed E-state index contributed by atoms with van der Waals surface area (Å²) in [6.45, 7) is 0.902. The molecule has 2 unspecified atom stereocenters. The fourth-order valence-corrected chi connectivity index (χ4v) is 2.67. The maximum Gasteiger partial charge on any atom is 0.0628 e. The van der Waals surface area contributed by atoms with Gasteiger partial charge in [-0.15, -0.1) is 0 Å². The second-order valence-corrected chi connectivity index (χ2v) is 4.34. The van der Waals surface area contributed by atoms with E-state index in [1.807, 2.05) is 7.11 Å². The van der Waals surface area contributed by atoms with E-state index in [1.165, 1.54) is 25.7 Å². The maximum atomic E-state index is 5.81. The molecule has 2 rings (SSSR count). The van der Waals surface area contributed by atoms with Crippen LogP contribution in [0.1, 0.15) is 38.5 Å². The number of hydrogen-bond donors (Lipinski definition) is 0. The Morgan fingerprint density at radius 3 is 2.62 bits per heavy atom. The summed E-state index contributed by atoms with van der Waals surface area (Å²) in [5.74, 6) is 0.831. The lowest BCUT2D eigenvalue weighted by molar-refractivity contribution is -0.0798. The number of rotatable bonds is 2. The summed E-state index contributed by atoms with van der Waals surface area (Å²) in [4.78, 5) is 0. The zero-order chi connectivity index (χ0) is 9.10. The largest absolute Gasteiger partial charge is 0.381 e. The van der Waals surface area contributed by atoms with Crippen molar-refractivity contribution in [1.29, 1.82) is 0 Å². The summed E-state index contributed by atoms with van der Waals surface area (Å²) >= 11 is 0. The summed E-state index contributed by atoms with van der Waals surface area (Å²) < 4.78 is 11.2. The van der Waals surface area contributed by atoms with Crippen LogP contribution in [0.3, 0.4) is 0 Å². The van der Waals surface area contributed by atoms with Gasteiger partial charge in [0.2, 0.25) is 0 Å². The summed E-state index contributed by atoms with van der Waals surface area (Å²) in [6.07, 6.45) is 8.73. The van der Waals surface area contributed by atoms with E-state index >= 15 is 0 Å². The smallest absolute Gasteiger partial charge is 0.0628 e. The van der Waals surface area contributed by atoms with Crippen molar-refractivity contribution in [3.8, 4) is 0 Å². The van der Waals surface area contributed by atoms with Crippen molar-refractivity contribution in [2.45, 2.75) is 50.7 Å². The first-order valence-corrected chi connectivity index (χ1v) is 5.54. The van der Waals surface area contributed by atoms with Crippen LogP contribution in [-0.2, 0) is 9.47 Å². The van der Waals surface area contributed by atoms with E-state index in [0.29, 0.717) is 12.2 Å². The van der Waals surface area contributed by atoms with Crippen molar-refractivity contribution in [1.82, 2.24) is 0 Å². The number of ether oxygens (including phenoxy) is 2. The molecule has 0 aromatic heterocycles. The SMILES string of the molecule is COC1CCOC(C2CCCC2)C1. The van der Waals surface area contributed by atoms with Crippen LogP contribution in [0.15, 0.2) is 0 Å². The second kappa shape index (κ2) is 4.43. The first kappa shape index (κ1) is 9.47. The number of methoxy groups -OCH3 is 1. The highest BCUT2D eigenvalue weighted by Gasteiger charge is 2.30. The molecule has 0 N–H and O–H groups in total. The third-order valence-corrected chi connectivity index (χ3v) is 3.53. The van der Waals surface area contributed by atoms with E-state index in [-0.39, 0.29) is 0 Å². The Labute approximate surface area is 80.6 Å². The van der Waals surface area contributed by atoms with Crippen LogP contribution in [0.2, 0.25) is 0 Å². The van der Waals surface area contributed by atoms with Crippen LogP contribution in [0, 0.1) is 5.92 Å². The monoisotopic (exact) mass is 184 g/mol. The Bertz CT molecular complexity index is 152. The van der Waals surface area contributed by atoms with Gasteiger partial charge in [0.25, 0.3) is 0 Å². The molecule has 0 spiro atoms. The number of hydrogen-bond acceptors (Lipinski definition) is 2. The van der Waals surface area contributed by atoms with Gasteiger partial charge in [-0.1, -0.05) is 12.8 Å². The molecular weight excluding hydrogens is 164 g/mol. The van der Waals surface area contributed by atoms with Crippen LogP contribution in [0.5, 0.6) is 0 Å². The van der Waals surface area contributed by atoms with Crippen LogP contribution in [-0.4, -0.2) is 25.9 Å². The van der Waals surface area contributed by atoms with Gasteiger partial charge in [-0.2, -0.15) is 0 Å². The quantitative estimate of drug-likeness (QED) is 0.656. The maximum absolute atomic E-state index is 5.81. The van der Waals surface area contributed by atoms with E-state index in [1.54, 1.807) is 0 Å². The Morgan fingerprint density at radius 2 is 1.92 bits per heavy atom. The Hall–Kier alpha value is -0.0800. The molecule has 1 saturated heterocycles. The van der Waals surface area contributed by atoms with Crippen LogP contribution in [0.25, 0.3) is 0 Å². The normalized spacial score (nSPS) is 36.7. The molecule has 76 valence electrons. The molecule has 2 heteroatoms. The van der Waals surface area contributed by atoms with Crippen molar-refractivity contribution in [3.63, 3.8) is 0 Å². The molecule has 13 heavy (non-hydrogen) atoms. The van der Waals surface area contributed by atoms with E-state index in [2.05, 4.69) is 0 Å². The first-order chi connectivity index (χ1) is 6.40. The highest BCUT2D eigenvalue weighted by Crippen LogP contribution is 2.33. The molecule has 0 bridgehead atoms. The van der Waals surface area contributed by atoms with Gasteiger partial charge in [0, 0.05) is 20.1 Å². The van der Waals surface area contributed by atoms with Crippen molar-refractivity contribution in [2.75, 3.05) is 13.7 Å². The van der Waals surface area contributed by atoms with Crippen LogP contribution in [0.4, 0.5) is 0 Å². The zero-order valence-corrected chi connectivity index (χ0v) is 8.50. The van der Waals surface area contributed by atoms with Gasteiger partial charge in [-0.25, -0.2) is 0 Å². The van der Waals surface area contributed by atoms with Gasteiger partial charge in [-0.3, -0.25) is 0 Å². The fraction of sp³-hybridized carbons (Fsp3) is 1.00. The fourth-order valence-electron chi connectivity index (χ4n) is 2.67. The highest BCUT2D eigenvalue weighted by molar-refractivity contribution is 4.81. The van der Waals surface area contributed by atoms with E-state index < -0.39 is 0 Å². The van der Waals surface area contributed by atoms with E-state index in [4.69, 9.17) is 9.47 Å². The third kappa shape index (κ3) is 2.23. The molecule has 2 aliphatic rings. The minimum atomic E-state index is 0.458. The molecule has 2 nitrogen and oxygen atoms in total. The Morgan fingerprint density at radius 1 is 1.15 bits per heavy atom. The minimum absolute atomic E-state index is 0.458. The van der Waals surface area contributed by atoms with E-state index in [9.17, 15) is 0 Å². The van der Waals surface area contributed by atoms with Gasteiger partial charge in [0.15, 0.2) is 0 Å².